The minimum absolute atomic E-state index is 0.0381. The number of benzene rings is 2. The van der Waals surface area contributed by atoms with Gasteiger partial charge in [-0.15, -0.1) is 0 Å². The molecule has 2 aromatic carbocycles. The fraction of sp³-hybridized carbons (Fsp3) is 0.118. The van der Waals surface area contributed by atoms with E-state index in [4.69, 9.17) is 10.8 Å². The lowest BCUT2D eigenvalue weighted by atomic mass is 10.0. The average Bonchev–Trinajstić information content (AvgIpc) is 2.52. The molecule has 0 radical (unpaired) electrons. The predicted molar refractivity (Wildman–Crippen MR) is 89.7 cm³/mol. The Kier molecular flexibility index (Phi) is 4.29. The van der Waals surface area contributed by atoms with E-state index in [2.05, 4.69) is 51.7 Å². The average molecular weight is 342 g/mol. The number of rotatable bonds is 4. The Morgan fingerprint density at radius 1 is 1.05 bits per heavy atom. The van der Waals surface area contributed by atoms with Crippen molar-refractivity contribution in [2.45, 2.75) is 12.5 Å². The summed E-state index contributed by atoms with van der Waals surface area (Å²) in [5, 5.41) is 1.15. The van der Waals surface area contributed by atoms with E-state index >= 15 is 0 Å². The Morgan fingerprint density at radius 2 is 1.90 bits per heavy atom. The summed E-state index contributed by atoms with van der Waals surface area (Å²) in [5.74, 6) is 5.72. The molecule has 1 atom stereocenters. The second-order valence-electron chi connectivity index (χ2n) is 4.97. The zero-order chi connectivity index (χ0) is 14.7. The molecule has 3 rings (SSSR count). The molecule has 1 unspecified atom stereocenters. The summed E-state index contributed by atoms with van der Waals surface area (Å²) in [6, 6.07) is 20.5. The smallest absolute Gasteiger partial charge is 0.0705 e. The highest BCUT2D eigenvalue weighted by molar-refractivity contribution is 9.10. The number of pyridine rings is 1. The van der Waals surface area contributed by atoms with Gasteiger partial charge in [0.25, 0.3) is 0 Å². The molecular weight excluding hydrogens is 326 g/mol. The minimum atomic E-state index is 0.0381. The maximum atomic E-state index is 5.72. The highest BCUT2D eigenvalue weighted by Crippen LogP contribution is 2.21. The quantitative estimate of drug-likeness (QED) is 0.561. The number of hydrogen-bond donors (Lipinski definition) is 2. The van der Waals surface area contributed by atoms with Gasteiger partial charge in [-0.1, -0.05) is 52.3 Å². The number of nitrogens with one attached hydrogen (secondary N) is 1. The Labute approximate surface area is 132 Å². The number of para-hydroxylation sites is 1. The Hall–Kier alpha value is -1.75. The Balaban J connectivity index is 1.88. The minimum Gasteiger partial charge on any atom is -0.271 e. The lowest BCUT2D eigenvalue weighted by Gasteiger charge is -2.16. The number of fused-ring (bicyclic) bond motifs is 1. The third-order valence-corrected chi connectivity index (χ3v) is 4.01. The zero-order valence-corrected chi connectivity index (χ0v) is 13.0. The van der Waals surface area contributed by atoms with Gasteiger partial charge in [0.05, 0.1) is 11.6 Å². The van der Waals surface area contributed by atoms with E-state index in [0.717, 1.165) is 33.1 Å². The molecule has 1 aromatic heterocycles. The first-order chi connectivity index (χ1) is 10.3. The van der Waals surface area contributed by atoms with E-state index in [1.54, 1.807) is 0 Å². The van der Waals surface area contributed by atoms with E-state index in [-0.39, 0.29) is 6.04 Å². The summed E-state index contributed by atoms with van der Waals surface area (Å²) < 4.78 is 1.05. The van der Waals surface area contributed by atoms with Crippen LogP contribution in [-0.2, 0) is 6.42 Å². The van der Waals surface area contributed by atoms with Gasteiger partial charge in [0.2, 0.25) is 0 Å². The molecule has 0 spiro atoms. The van der Waals surface area contributed by atoms with Crippen LogP contribution in [0.5, 0.6) is 0 Å². The van der Waals surface area contributed by atoms with E-state index < -0.39 is 0 Å². The number of nitrogens with zero attached hydrogens (tertiary/aromatic N) is 1. The third kappa shape index (κ3) is 3.29. The Bertz CT molecular complexity index is 758. The largest absolute Gasteiger partial charge is 0.271 e. The van der Waals surface area contributed by atoms with Crippen molar-refractivity contribution in [2.24, 2.45) is 5.84 Å². The molecule has 0 aliphatic carbocycles. The van der Waals surface area contributed by atoms with Gasteiger partial charge in [-0.3, -0.25) is 16.3 Å². The van der Waals surface area contributed by atoms with Crippen LogP contribution in [0.2, 0.25) is 0 Å². The first kappa shape index (κ1) is 14.2. The summed E-state index contributed by atoms with van der Waals surface area (Å²) in [7, 11) is 0. The molecule has 106 valence electrons. The van der Waals surface area contributed by atoms with Gasteiger partial charge < -0.3 is 0 Å². The number of aromatic nitrogens is 1. The first-order valence-corrected chi connectivity index (χ1v) is 7.62. The number of nitrogens with two attached hydrogens (primary N) is 1. The summed E-state index contributed by atoms with van der Waals surface area (Å²) >= 11 is 3.49. The molecule has 3 nitrogen and oxygen atoms in total. The van der Waals surface area contributed by atoms with Gasteiger partial charge in [-0.2, -0.15) is 0 Å². The highest BCUT2D eigenvalue weighted by Gasteiger charge is 2.12. The van der Waals surface area contributed by atoms with Crippen LogP contribution >= 0.6 is 15.9 Å². The van der Waals surface area contributed by atoms with Crippen molar-refractivity contribution in [2.75, 3.05) is 0 Å². The molecule has 0 bridgehead atoms. The monoisotopic (exact) mass is 341 g/mol. The van der Waals surface area contributed by atoms with Crippen molar-refractivity contribution in [3.8, 4) is 0 Å². The van der Waals surface area contributed by atoms with Crippen LogP contribution < -0.4 is 11.3 Å². The summed E-state index contributed by atoms with van der Waals surface area (Å²) in [6.07, 6.45) is 0.748. The van der Waals surface area contributed by atoms with E-state index in [1.807, 2.05) is 30.3 Å². The maximum Gasteiger partial charge on any atom is 0.0705 e. The van der Waals surface area contributed by atoms with E-state index in [9.17, 15) is 0 Å². The van der Waals surface area contributed by atoms with Gasteiger partial charge >= 0.3 is 0 Å². The second kappa shape index (κ2) is 6.35. The van der Waals surface area contributed by atoms with Gasteiger partial charge in [0, 0.05) is 22.0 Å². The van der Waals surface area contributed by atoms with Crippen molar-refractivity contribution >= 4 is 26.8 Å². The third-order valence-electron chi connectivity index (χ3n) is 3.52. The molecule has 3 N–H and O–H groups in total. The zero-order valence-electron chi connectivity index (χ0n) is 11.5. The van der Waals surface area contributed by atoms with Crippen LogP contribution in [0.25, 0.3) is 10.9 Å². The van der Waals surface area contributed by atoms with Crippen molar-refractivity contribution < 1.29 is 0 Å². The molecule has 4 heteroatoms. The topological polar surface area (TPSA) is 50.9 Å². The van der Waals surface area contributed by atoms with Crippen molar-refractivity contribution in [1.29, 1.82) is 0 Å². The van der Waals surface area contributed by atoms with Gasteiger partial charge in [-0.05, 0) is 29.8 Å². The fourth-order valence-electron chi connectivity index (χ4n) is 2.43. The van der Waals surface area contributed by atoms with Crippen molar-refractivity contribution in [1.82, 2.24) is 10.4 Å². The van der Waals surface area contributed by atoms with E-state index in [1.165, 1.54) is 0 Å². The van der Waals surface area contributed by atoms with Gasteiger partial charge in [-0.25, -0.2) is 0 Å². The van der Waals surface area contributed by atoms with Crippen LogP contribution in [0.3, 0.4) is 0 Å². The molecule has 0 amide bonds. The Morgan fingerprint density at radius 3 is 2.71 bits per heavy atom. The molecule has 3 aromatic rings. The fourth-order valence-corrected chi connectivity index (χ4v) is 2.84. The van der Waals surface area contributed by atoms with Crippen LogP contribution in [0.1, 0.15) is 17.3 Å². The number of hydrazine groups is 1. The summed E-state index contributed by atoms with van der Waals surface area (Å²) in [4.78, 5) is 4.70. The standard InChI is InChI=1S/C17H16BrN3/c18-14-6-3-5-13(10-14)17(21-19)11-15-9-8-12-4-1-2-7-16(12)20-15/h1-10,17,21H,11,19H2. The van der Waals surface area contributed by atoms with Crippen LogP contribution in [-0.4, -0.2) is 4.98 Å². The first-order valence-electron chi connectivity index (χ1n) is 6.82. The molecular formula is C17H16BrN3. The highest BCUT2D eigenvalue weighted by atomic mass is 79.9. The molecule has 0 aliphatic rings. The van der Waals surface area contributed by atoms with Crippen LogP contribution in [0.4, 0.5) is 0 Å². The SMILES string of the molecule is NNC(Cc1ccc2ccccc2n1)c1cccc(Br)c1. The van der Waals surface area contributed by atoms with Gasteiger partial charge in [0.1, 0.15) is 0 Å². The lowest BCUT2D eigenvalue weighted by Crippen LogP contribution is -2.29. The van der Waals surface area contributed by atoms with Gasteiger partial charge in [0.15, 0.2) is 0 Å². The van der Waals surface area contributed by atoms with Crippen LogP contribution in [0, 0.1) is 0 Å². The molecule has 0 aliphatic heterocycles. The number of halogens is 1. The van der Waals surface area contributed by atoms with Crippen molar-refractivity contribution in [3.05, 3.63) is 76.4 Å². The molecule has 0 saturated heterocycles. The summed E-state index contributed by atoms with van der Waals surface area (Å²) in [6.45, 7) is 0. The van der Waals surface area contributed by atoms with E-state index in [0.29, 0.717) is 0 Å². The molecule has 0 fully saturated rings. The summed E-state index contributed by atoms with van der Waals surface area (Å²) in [5.41, 5.74) is 6.06. The normalized spacial score (nSPS) is 12.5. The molecule has 21 heavy (non-hydrogen) atoms. The molecule has 0 saturated carbocycles. The second-order valence-corrected chi connectivity index (χ2v) is 5.89. The predicted octanol–water partition coefficient (Wildman–Crippen LogP) is 3.74. The van der Waals surface area contributed by atoms with Crippen molar-refractivity contribution in [3.63, 3.8) is 0 Å². The van der Waals surface area contributed by atoms with Crippen LogP contribution in [0.15, 0.2) is 65.1 Å². The lowest BCUT2D eigenvalue weighted by molar-refractivity contribution is 0.546. The molecule has 1 heterocycles. The number of hydrogen-bond acceptors (Lipinski definition) is 3. The maximum absolute atomic E-state index is 5.72.